The van der Waals surface area contributed by atoms with E-state index >= 15 is 0 Å². The lowest BCUT2D eigenvalue weighted by atomic mass is 10.2. The van der Waals surface area contributed by atoms with E-state index in [4.69, 9.17) is 15.6 Å². The van der Waals surface area contributed by atoms with E-state index < -0.39 is 17.3 Å². The summed E-state index contributed by atoms with van der Waals surface area (Å²) in [6, 6.07) is 5.22. The first-order valence-electron chi connectivity index (χ1n) is 4.98. The van der Waals surface area contributed by atoms with Crippen LogP contribution in [0.15, 0.2) is 36.7 Å². The molecule has 0 aliphatic rings. The van der Waals surface area contributed by atoms with Crippen molar-refractivity contribution < 1.29 is 19.0 Å². The Morgan fingerprint density at radius 1 is 1.44 bits per heavy atom. The first-order valence-corrected chi connectivity index (χ1v) is 4.98. The Morgan fingerprint density at radius 3 is 2.83 bits per heavy atom. The zero-order valence-electron chi connectivity index (χ0n) is 9.13. The summed E-state index contributed by atoms with van der Waals surface area (Å²) in [6.07, 6.45) is 2.99. The zero-order chi connectivity index (χ0) is 13.1. The third-order valence-corrected chi connectivity index (χ3v) is 2.19. The van der Waals surface area contributed by atoms with Gasteiger partial charge >= 0.3 is 5.97 Å². The van der Waals surface area contributed by atoms with E-state index in [2.05, 4.69) is 4.98 Å². The molecular weight excluding hydrogens is 239 g/mol. The minimum Gasteiger partial charge on any atom is -0.478 e. The molecule has 0 bridgehead atoms. The molecule has 2 aromatic rings. The van der Waals surface area contributed by atoms with Gasteiger partial charge in [-0.25, -0.2) is 9.18 Å². The van der Waals surface area contributed by atoms with Gasteiger partial charge in [-0.15, -0.1) is 0 Å². The summed E-state index contributed by atoms with van der Waals surface area (Å²) in [5, 5.41) is 8.72. The zero-order valence-corrected chi connectivity index (χ0v) is 9.13. The molecule has 92 valence electrons. The highest BCUT2D eigenvalue weighted by Gasteiger charge is 2.14. The first kappa shape index (κ1) is 11.8. The monoisotopic (exact) mass is 248 g/mol. The lowest BCUT2D eigenvalue weighted by Crippen LogP contribution is -2.03. The van der Waals surface area contributed by atoms with Crippen LogP contribution in [0.4, 0.5) is 10.1 Å². The molecule has 0 atom stereocenters. The van der Waals surface area contributed by atoms with Crippen molar-refractivity contribution in [2.75, 3.05) is 5.73 Å². The molecule has 1 heterocycles. The summed E-state index contributed by atoms with van der Waals surface area (Å²) in [5.41, 5.74) is 5.15. The van der Waals surface area contributed by atoms with Crippen molar-refractivity contribution in [2.24, 2.45) is 0 Å². The lowest BCUT2D eigenvalue weighted by Gasteiger charge is -2.09. The number of carboxylic acid groups (broad SMARTS) is 1. The number of aromatic nitrogens is 1. The third-order valence-electron chi connectivity index (χ3n) is 2.19. The van der Waals surface area contributed by atoms with Gasteiger partial charge in [-0.05, 0) is 18.2 Å². The number of carboxylic acids is 1. The lowest BCUT2D eigenvalue weighted by molar-refractivity contribution is 0.0692. The highest BCUT2D eigenvalue weighted by Crippen LogP contribution is 2.29. The molecule has 6 heteroatoms. The topological polar surface area (TPSA) is 85.4 Å². The molecule has 0 saturated heterocycles. The number of hydrogen-bond acceptors (Lipinski definition) is 4. The van der Waals surface area contributed by atoms with Crippen LogP contribution < -0.4 is 10.5 Å². The molecule has 1 aromatic carbocycles. The summed E-state index contributed by atoms with van der Waals surface area (Å²) in [5.74, 6) is -1.86. The predicted octanol–water partition coefficient (Wildman–Crippen LogP) is 2.29. The maximum absolute atomic E-state index is 13.5. The number of benzene rings is 1. The molecule has 0 aliphatic carbocycles. The van der Waals surface area contributed by atoms with Crippen LogP contribution in [0.2, 0.25) is 0 Å². The molecule has 0 fully saturated rings. The Bertz CT molecular complexity index is 587. The van der Waals surface area contributed by atoms with E-state index in [1.807, 2.05) is 0 Å². The van der Waals surface area contributed by atoms with Gasteiger partial charge in [0.25, 0.3) is 0 Å². The van der Waals surface area contributed by atoms with Gasteiger partial charge in [-0.2, -0.15) is 0 Å². The Kier molecular flexibility index (Phi) is 3.09. The average molecular weight is 248 g/mol. The normalized spacial score (nSPS) is 10.1. The molecule has 0 saturated carbocycles. The number of pyridine rings is 1. The number of nitrogens with two attached hydrogens (primary N) is 1. The van der Waals surface area contributed by atoms with Crippen molar-refractivity contribution in [3.63, 3.8) is 0 Å². The number of nitrogens with zero attached hydrogens (tertiary/aromatic N) is 1. The van der Waals surface area contributed by atoms with E-state index in [-0.39, 0.29) is 11.4 Å². The third kappa shape index (κ3) is 2.37. The van der Waals surface area contributed by atoms with Gasteiger partial charge in [-0.3, -0.25) is 4.98 Å². The smallest absolute Gasteiger partial charge is 0.338 e. The molecule has 2 rings (SSSR count). The van der Waals surface area contributed by atoms with E-state index in [1.165, 1.54) is 6.20 Å². The second-order valence-electron chi connectivity index (χ2n) is 3.47. The summed E-state index contributed by atoms with van der Waals surface area (Å²) in [6.45, 7) is 0. The average Bonchev–Trinajstić information content (AvgIpc) is 2.34. The Hall–Kier alpha value is -2.63. The van der Waals surface area contributed by atoms with E-state index in [9.17, 15) is 9.18 Å². The van der Waals surface area contributed by atoms with Gasteiger partial charge in [0, 0.05) is 12.3 Å². The van der Waals surface area contributed by atoms with Gasteiger partial charge in [0.1, 0.15) is 11.6 Å². The molecule has 18 heavy (non-hydrogen) atoms. The predicted molar refractivity (Wildman–Crippen MR) is 62.1 cm³/mol. The molecule has 5 nitrogen and oxygen atoms in total. The van der Waals surface area contributed by atoms with Gasteiger partial charge in [0.15, 0.2) is 5.75 Å². The number of anilines is 1. The fraction of sp³-hybridized carbons (Fsp3) is 0. The van der Waals surface area contributed by atoms with Crippen molar-refractivity contribution >= 4 is 11.7 Å². The van der Waals surface area contributed by atoms with Crippen molar-refractivity contribution in [3.05, 3.63) is 48.0 Å². The quantitative estimate of drug-likeness (QED) is 0.814. The number of nitrogen functional groups attached to an aromatic ring is 1. The molecular formula is C12H9FN2O3. The highest BCUT2D eigenvalue weighted by molar-refractivity contribution is 5.89. The van der Waals surface area contributed by atoms with Gasteiger partial charge in [-0.1, -0.05) is 0 Å². The maximum Gasteiger partial charge on any atom is 0.338 e. The molecule has 0 spiro atoms. The van der Waals surface area contributed by atoms with Crippen LogP contribution in [-0.4, -0.2) is 16.1 Å². The molecule has 0 unspecified atom stereocenters. The van der Waals surface area contributed by atoms with Crippen LogP contribution in [0.25, 0.3) is 0 Å². The number of carbonyl (C=O) groups is 1. The first-order chi connectivity index (χ1) is 8.58. The summed E-state index contributed by atoms with van der Waals surface area (Å²) in [4.78, 5) is 14.5. The van der Waals surface area contributed by atoms with E-state index in [0.29, 0.717) is 5.75 Å². The van der Waals surface area contributed by atoms with Crippen LogP contribution in [0, 0.1) is 5.82 Å². The minimum absolute atomic E-state index is 0.0395. The fourth-order valence-electron chi connectivity index (χ4n) is 1.36. The minimum atomic E-state index is -1.38. The molecule has 0 aliphatic heterocycles. The summed E-state index contributed by atoms with van der Waals surface area (Å²) in [7, 11) is 0. The Morgan fingerprint density at radius 2 is 2.22 bits per heavy atom. The number of ether oxygens (including phenoxy) is 1. The number of aromatic carboxylic acids is 1. The fourth-order valence-corrected chi connectivity index (χ4v) is 1.36. The maximum atomic E-state index is 13.5. The largest absolute Gasteiger partial charge is 0.478 e. The van der Waals surface area contributed by atoms with Gasteiger partial charge in [0.2, 0.25) is 0 Å². The molecule has 0 radical (unpaired) electrons. The van der Waals surface area contributed by atoms with Crippen molar-refractivity contribution in [1.82, 2.24) is 4.98 Å². The number of hydrogen-bond donors (Lipinski definition) is 2. The summed E-state index contributed by atoms with van der Waals surface area (Å²) < 4.78 is 18.8. The molecule has 3 N–H and O–H groups in total. The van der Waals surface area contributed by atoms with Crippen molar-refractivity contribution in [3.8, 4) is 11.5 Å². The summed E-state index contributed by atoms with van der Waals surface area (Å²) >= 11 is 0. The van der Waals surface area contributed by atoms with Crippen LogP contribution in [0.5, 0.6) is 11.5 Å². The van der Waals surface area contributed by atoms with Crippen LogP contribution in [0.3, 0.4) is 0 Å². The van der Waals surface area contributed by atoms with Crippen LogP contribution in [-0.2, 0) is 0 Å². The van der Waals surface area contributed by atoms with Crippen LogP contribution >= 0.6 is 0 Å². The Labute approximate surface area is 102 Å². The number of rotatable bonds is 3. The molecule has 1 aromatic heterocycles. The molecule has 0 amide bonds. The number of halogens is 1. The van der Waals surface area contributed by atoms with E-state index in [0.717, 1.165) is 12.1 Å². The second-order valence-corrected chi connectivity index (χ2v) is 3.47. The van der Waals surface area contributed by atoms with Gasteiger partial charge < -0.3 is 15.6 Å². The van der Waals surface area contributed by atoms with Crippen molar-refractivity contribution in [1.29, 1.82) is 0 Å². The van der Waals surface area contributed by atoms with Gasteiger partial charge in [0.05, 0.1) is 17.4 Å². The highest BCUT2D eigenvalue weighted by atomic mass is 19.1. The Balaban J connectivity index is 2.35. The van der Waals surface area contributed by atoms with Crippen LogP contribution in [0.1, 0.15) is 10.4 Å². The van der Waals surface area contributed by atoms with Crippen molar-refractivity contribution in [2.45, 2.75) is 0 Å². The van der Waals surface area contributed by atoms with E-state index in [1.54, 1.807) is 18.3 Å². The SMILES string of the molecule is Nc1cc(C(=O)O)c(F)cc1Oc1cccnc1. The standard InChI is InChI=1S/C12H9FN2O3/c13-9-5-11(10(14)4-8(9)12(16)17)18-7-2-1-3-15-6-7/h1-6H,14H2,(H,16,17). The second kappa shape index (κ2) is 4.70.